The van der Waals surface area contributed by atoms with Crippen LogP contribution in [-0.4, -0.2) is 37.8 Å². The number of carboxylic acids is 1. The Morgan fingerprint density at radius 3 is 2.12 bits per heavy atom. The molecule has 2 aromatic carbocycles. The molecule has 0 saturated heterocycles. The minimum atomic E-state index is -0.846. The third-order valence-corrected chi connectivity index (χ3v) is 3.53. The first kappa shape index (κ1) is 19.1. The molecular weight excluding hydrogens is 338 g/mol. The van der Waals surface area contributed by atoms with Crippen LogP contribution in [-0.2, 0) is 4.79 Å². The van der Waals surface area contributed by atoms with E-state index in [4.69, 9.17) is 19.3 Å². The number of hydrogen-bond donors (Lipinski definition) is 2. The largest absolute Gasteiger partial charge is 0.497 e. The van der Waals surface area contributed by atoms with Crippen LogP contribution in [0.15, 0.2) is 42.5 Å². The highest BCUT2D eigenvalue weighted by atomic mass is 16.5. The molecule has 1 amide bonds. The van der Waals surface area contributed by atoms with Gasteiger partial charge in [-0.05, 0) is 42.8 Å². The summed E-state index contributed by atoms with van der Waals surface area (Å²) in [6.07, 6.45) is 0.504. The topological polar surface area (TPSA) is 94.1 Å². The second-order valence-corrected chi connectivity index (χ2v) is 5.43. The molecule has 0 aromatic heterocycles. The van der Waals surface area contributed by atoms with Crippen molar-refractivity contribution >= 4 is 17.6 Å². The fourth-order valence-electron chi connectivity index (χ4n) is 2.19. The number of benzene rings is 2. The third-order valence-electron chi connectivity index (χ3n) is 3.53. The van der Waals surface area contributed by atoms with Crippen LogP contribution in [0.3, 0.4) is 0 Å². The van der Waals surface area contributed by atoms with E-state index in [2.05, 4.69) is 5.32 Å². The standard InChI is InChI=1S/C19H21NO6/c1-24-16-10-13(11-17(12-16)25-2)19(23)20-14-5-7-15(8-6-14)26-9-3-4-18(21)22/h5-8,10-12H,3-4,9H2,1-2H3,(H,20,23)(H,21,22). The first-order chi connectivity index (χ1) is 12.5. The van der Waals surface area contributed by atoms with E-state index in [-0.39, 0.29) is 12.3 Å². The van der Waals surface area contributed by atoms with Crippen molar-refractivity contribution in [2.24, 2.45) is 0 Å². The molecule has 2 N–H and O–H groups in total. The third kappa shape index (κ3) is 5.70. The second-order valence-electron chi connectivity index (χ2n) is 5.43. The van der Waals surface area contributed by atoms with Crippen molar-refractivity contribution in [3.8, 4) is 17.2 Å². The molecule has 0 heterocycles. The van der Waals surface area contributed by atoms with Gasteiger partial charge in [-0.2, -0.15) is 0 Å². The molecule has 0 spiro atoms. The number of carbonyl (C=O) groups excluding carboxylic acids is 1. The zero-order valence-corrected chi connectivity index (χ0v) is 14.7. The van der Waals surface area contributed by atoms with E-state index in [1.165, 1.54) is 14.2 Å². The molecule has 0 radical (unpaired) electrons. The number of nitrogens with one attached hydrogen (secondary N) is 1. The van der Waals surface area contributed by atoms with Gasteiger partial charge in [-0.25, -0.2) is 0 Å². The molecule has 0 bridgehead atoms. The highest BCUT2D eigenvalue weighted by Crippen LogP contribution is 2.23. The van der Waals surface area contributed by atoms with Crippen LogP contribution in [0, 0.1) is 0 Å². The number of amides is 1. The first-order valence-corrected chi connectivity index (χ1v) is 8.01. The Morgan fingerprint density at radius 2 is 1.58 bits per heavy atom. The van der Waals surface area contributed by atoms with E-state index in [0.717, 1.165) is 0 Å². The van der Waals surface area contributed by atoms with Gasteiger partial charge in [-0.3, -0.25) is 9.59 Å². The highest BCUT2D eigenvalue weighted by Gasteiger charge is 2.10. The zero-order valence-electron chi connectivity index (χ0n) is 14.7. The number of hydrogen-bond acceptors (Lipinski definition) is 5. The molecule has 0 atom stereocenters. The van der Waals surface area contributed by atoms with E-state index in [1.54, 1.807) is 42.5 Å². The van der Waals surface area contributed by atoms with Crippen LogP contribution in [0.4, 0.5) is 5.69 Å². The quantitative estimate of drug-likeness (QED) is 0.668. The summed E-state index contributed by atoms with van der Waals surface area (Å²) in [6, 6.07) is 11.8. The molecule has 0 fully saturated rings. The van der Waals surface area contributed by atoms with Crippen molar-refractivity contribution < 1.29 is 28.9 Å². The van der Waals surface area contributed by atoms with Gasteiger partial charge < -0.3 is 24.6 Å². The van der Waals surface area contributed by atoms with Crippen molar-refractivity contribution in [3.63, 3.8) is 0 Å². The molecule has 0 aliphatic heterocycles. The van der Waals surface area contributed by atoms with Crippen LogP contribution >= 0.6 is 0 Å². The Hall–Kier alpha value is -3.22. The van der Waals surface area contributed by atoms with Crippen LogP contribution in [0.1, 0.15) is 23.2 Å². The first-order valence-electron chi connectivity index (χ1n) is 8.01. The Balaban J connectivity index is 1.96. The van der Waals surface area contributed by atoms with E-state index < -0.39 is 5.97 Å². The summed E-state index contributed by atoms with van der Waals surface area (Å²) < 4.78 is 15.8. The van der Waals surface area contributed by atoms with Gasteiger partial charge in [0.2, 0.25) is 0 Å². The zero-order chi connectivity index (χ0) is 18.9. The summed E-state index contributed by atoms with van der Waals surface area (Å²) in [5.41, 5.74) is 1.02. The average molecular weight is 359 g/mol. The van der Waals surface area contributed by atoms with Crippen molar-refractivity contribution in [3.05, 3.63) is 48.0 Å². The maximum absolute atomic E-state index is 12.4. The van der Waals surface area contributed by atoms with Gasteiger partial charge in [0, 0.05) is 23.7 Å². The minimum absolute atomic E-state index is 0.0676. The number of rotatable bonds is 9. The van der Waals surface area contributed by atoms with Gasteiger partial charge in [0.05, 0.1) is 20.8 Å². The average Bonchev–Trinajstić information content (AvgIpc) is 2.65. The number of carboxylic acid groups (broad SMARTS) is 1. The fourth-order valence-corrected chi connectivity index (χ4v) is 2.19. The SMILES string of the molecule is COc1cc(OC)cc(C(=O)Nc2ccc(OCCCC(=O)O)cc2)c1. The number of carbonyl (C=O) groups is 2. The van der Waals surface area contributed by atoms with Gasteiger partial charge in [-0.1, -0.05) is 0 Å². The lowest BCUT2D eigenvalue weighted by Gasteiger charge is -2.10. The molecule has 0 unspecified atom stereocenters. The summed E-state index contributed by atoms with van der Waals surface area (Å²) in [5, 5.41) is 11.4. The highest BCUT2D eigenvalue weighted by molar-refractivity contribution is 6.04. The predicted molar refractivity (Wildman–Crippen MR) is 96.3 cm³/mol. The van der Waals surface area contributed by atoms with Gasteiger partial charge in [0.1, 0.15) is 17.2 Å². The van der Waals surface area contributed by atoms with Gasteiger partial charge >= 0.3 is 5.97 Å². The van der Waals surface area contributed by atoms with Crippen LogP contribution in [0.2, 0.25) is 0 Å². The van der Waals surface area contributed by atoms with Gasteiger partial charge in [0.25, 0.3) is 5.91 Å². The summed E-state index contributed by atoms with van der Waals surface area (Å²) in [6.45, 7) is 0.321. The summed E-state index contributed by atoms with van der Waals surface area (Å²) >= 11 is 0. The van der Waals surface area contributed by atoms with Crippen molar-refractivity contribution in [1.82, 2.24) is 0 Å². The van der Waals surface area contributed by atoms with Crippen LogP contribution in [0.25, 0.3) is 0 Å². The Labute approximate surface area is 151 Å². The van der Waals surface area contributed by atoms with E-state index >= 15 is 0 Å². The lowest BCUT2D eigenvalue weighted by Crippen LogP contribution is -2.12. The lowest BCUT2D eigenvalue weighted by molar-refractivity contribution is -0.137. The molecule has 26 heavy (non-hydrogen) atoms. The molecule has 138 valence electrons. The van der Waals surface area contributed by atoms with E-state index in [9.17, 15) is 9.59 Å². The normalized spacial score (nSPS) is 10.1. The smallest absolute Gasteiger partial charge is 0.303 e. The maximum Gasteiger partial charge on any atom is 0.303 e. The van der Waals surface area contributed by atoms with Gasteiger partial charge in [0.15, 0.2) is 0 Å². The van der Waals surface area contributed by atoms with E-state index in [0.29, 0.717) is 41.5 Å². The summed E-state index contributed by atoms with van der Waals surface area (Å²) in [5.74, 6) is 0.522. The Morgan fingerprint density at radius 1 is 0.962 bits per heavy atom. The molecule has 7 heteroatoms. The molecule has 0 saturated carbocycles. The number of aliphatic carboxylic acids is 1. The van der Waals surface area contributed by atoms with Crippen molar-refractivity contribution in [2.45, 2.75) is 12.8 Å². The van der Waals surface area contributed by atoms with Crippen LogP contribution < -0.4 is 19.5 Å². The maximum atomic E-state index is 12.4. The molecule has 2 aromatic rings. The molecular formula is C19H21NO6. The van der Waals surface area contributed by atoms with Crippen molar-refractivity contribution in [1.29, 1.82) is 0 Å². The van der Waals surface area contributed by atoms with Crippen LogP contribution in [0.5, 0.6) is 17.2 Å². The Kier molecular flexibility index (Phi) is 6.84. The van der Waals surface area contributed by atoms with Gasteiger partial charge in [-0.15, -0.1) is 0 Å². The van der Waals surface area contributed by atoms with Crippen molar-refractivity contribution in [2.75, 3.05) is 26.1 Å². The minimum Gasteiger partial charge on any atom is -0.497 e. The van der Waals surface area contributed by atoms with E-state index in [1.807, 2.05) is 0 Å². The summed E-state index contributed by atoms with van der Waals surface area (Å²) in [7, 11) is 3.04. The number of anilines is 1. The molecule has 7 nitrogen and oxygen atoms in total. The lowest BCUT2D eigenvalue weighted by atomic mass is 10.1. The number of methoxy groups -OCH3 is 2. The summed E-state index contributed by atoms with van der Waals surface area (Å²) in [4.78, 5) is 22.8. The fraction of sp³-hybridized carbons (Fsp3) is 0.263. The second kappa shape index (κ2) is 9.31. The number of ether oxygens (including phenoxy) is 3. The molecule has 0 aliphatic rings. The molecule has 2 rings (SSSR count). The predicted octanol–water partition coefficient (Wildman–Crippen LogP) is 3.20. The monoisotopic (exact) mass is 359 g/mol. The molecule has 0 aliphatic carbocycles. The Bertz CT molecular complexity index is 735.